The first-order valence-electron chi connectivity index (χ1n) is 8.67. The van der Waals surface area contributed by atoms with Crippen molar-refractivity contribution in [3.05, 3.63) is 17.5 Å². The minimum absolute atomic E-state index is 0.0935. The molecule has 2 N–H and O–H groups in total. The van der Waals surface area contributed by atoms with Crippen LogP contribution in [0.5, 0.6) is 0 Å². The zero-order valence-corrected chi connectivity index (χ0v) is 14.4. The monoisotopic (exact) mass is 306 g/mol. The fourth-order valence-electron chi connectivity index (χ4n) is 3.31. The Hall–Kier alpha value is -1.36. The average molecular weight is 306 g/mol. The maximum absolute atomic E-state index is 12.3. The maximum atomic E-state index is 12.3. The highest BCUT2D eigenvalue weighted by Crippen LogP contribution is 2.29. The van der Waals surface area contributed by atoms with Gasteiger partial charge in [0.05, 0.1) is 12.2 Å². The van der Waals surface area contributed by atoms with Gasteiger partial charge in [-0.25, -0.2) is 0 Å². The van der Waals surface area contributed by atoms with E-state index in [0.29, 0.717) is 0 Å². The number of aryl methyl sites for hydroxylation is 1. The van der Waals surface area contributed by atoms with Crippen LogP contribution >= 0.6 is 0 Å². The molecule has 0 aromatic carbocycles. The van der Waals surface area contributed by atoms with Crippen LogP contribution in [0.2, 0.25) is 0 Å². The molecule has 22 heavy (non-hydrogen) atoms. The van der Waals surface area contributed by atoms with Crippen molar-refractivity contribution in [1.82, 2.24) is 20.4 Å². The molecule has 1 aliphatic rings. The lowest BCUT2D eigenvalue weighted by Gasteiger charge is -2.27. The van der Waals surface area contributed by atoms with Gasteiger partial charge in [-0.15, -0.1) is 0 Å². The molecule has 1 aliphatic carbocycles. The molecule has 5 nitrogen and oxygen atoms in total. The van der Waals surface area contributed by atoms with Gasteiger partial charge in [-0.05, 0) is 46.5 Å². The minimum atomic E-state index is -0.180. The third-order valence-electron chi connectivity index (χ3n) is 4.52. The van der Waals surface area contributed by atoms with E-state index in [1.807, 2.05) is 13.1 Å². The van der Waals surface area contributed by atoms with Gasteiger partial charge in [0.25, 0.3) is 0 Å². The molecule has 1 heterocycles. The Labute approximate surface area is 133 Å². The Bertz CT molecular complexity index is 497. The Balaban J connectivity index is 1.96. The molecule has 0 spiro atoms. The number of nitrogens with one attached hydrogen (secondary N) is 2. The number of aromatic nitrogens is 2. The largest absolute Gasteiger partial charge is 0.352 e. The van der Waals surface area contributed by atoms with Crippen molar-refractivity contribution in [2.75, 3.05) is 0 Å². The smallest absolute Gasteiger partial charge is 0.237 e. The van der Waals surface area contributed by atoms with Gasteiger partial charge >= 0.3 is 0 Å². The summed E-state index contributed by atoms with van der Waals surface area (Å²) >= 11 is 0. The molecule has 1 amide bonds. The number of amides is 1. The molecule has 0 saturated carbocycles. The molecular formula is C17H30N4O. The van der Waals surface area contributed by atoms with Gasteiger partial charge in [-0.3, -0.25) is 14.8 Å². The van der Waals surface area contributed by atoms with Crippen LogP contribution in [-0.2, 0) is 17.8 Å². The number of hydrogen-bond acceptors (Lipinski definition) is 3. The topological polar surface area (TPSA) is 59.0 Å². The van der Waals surface area contributed by atoms with Gasteiger partial charge in [-0.2, -0.15) is 5.10 Å². The van der Waals surface area contributed by atoms with Crippen LogP contribution in [0.15, 0.2) is 6.20 Å². The second-order valence-electron chi connectivity index (χ2n) is 6.39. The lowest BCUT2D eigenvalue weighted by Crippen LogP contribution is -2.46. The van der Waals surface area contributed by atoms with Crippen molar-refractivity contribution in [3.8, 4) is 0 Å². The maximum Gasteiger partial charge on any atom is 0.237 e. The first-order valence-corrected chi connectivity index (χ1v) is 8.67. The highest BCUT2D eigenvalue weighted by atomic mass is 16.2. The predicted molar refractivity (Wildman–Crippen MR) is 88.7 cm³/mol. The zero-order chi connectivity index (χ0) is 16.1. The summed E-state index contributed by atoms with van der Waals surface area (Å²) in [4.78, 5) is 12.3. The summed E-state index contributed by atoms with van der Waals surface area (Å²) in [6, 6.07) is 0.304. The number of fused-ring (bicyclic) bond motifs is 1. The Morgan fingerprint density at radius 2 is 2.23 bits per heavy atom. The van der Waals surface area contributed by atoms with E-state index in [2.05, 4.69) is 41.2 Å². The van der Waals surface area contributed by atoms with Crippen LogP contribution in [0.3, 0.4) is 0 Å². The van der Waals surface area contributed by atoms with Crippen molar-refractivity contribution in [1.29, 1.82) is 0 Å². The molecule has 0 fully saturated rings. The van der Waals surface area contributed by atoms with Crippen LogP contribution in [0, 0.1) is 0 Å². The molecule has 124 valence electrons. The predicted octanol–water partition coefficient (Wildman–Crippen LogP) is 2.56. The number of hydrogen-bond donors (Lipinski definition) is 2. The summed E-state index contributed by atoms with van der Waals surface area (Å²) < 4.78 is 2.08. The van der Waals surface area contributed by atoms with E-state index < -0.39 is 0 Å². The van der Waals surface area contributed by atoms with Crippen molar-refractivity contribution in [3.63, 3.8) is 0 Å². The second-order valence-corrected chi connectivity index (χ2v) is 6.39. The standard InChI is InChI=1S/C17H30N4O/c1-5-8-12(3)19-17(22)13(4)20-15-9-7-10-16-14(15)11-18-21(16)6-2/h11-13,15,20H,5-10H2,1-4H3,(H,19,22)/t12-,13-,15+/m0/s1. The van der Waals surface area contributed by atoms with Crippen molar-refractivity contribution >= 4 is 5.91 Å². The molecule has 0 radical (unpaired) electrons. The fourth-order valence-corrected chi connectivity index (χ4v) is 3.31. The van der Waals surface area contributed by atoms with Gasteiger partial charge in [0, 0.05) is 29.9 Å². The minimum Gasteiger partial charge on any atom is -0.352 e. The number of carbonyl (C=O) groups is 1. The summed E-state index contributed by atoms with van der Waals surface area (Å²) in [6.45, 7) is 9.19. The quantitative estimate of drug-likeness (QED) is 0.814. The van der Waals surface area contributed by atoms with Gasteiger partial charge < -0.3 is 5.32 Å². The number of carbonyl (C=O) groups excluding carboxylic acids is 1. The van der Waals surface area contributed by atoms with E-state index in [4.69, 9.17) is 0 Å². The van der Waals surface area contributed by atoms with E-state index in [9.17, 15) is 4.79 Å². The number of nitrogens with zero attached hydrogens (tertiary/aromatic N) is 2. The van der Waals surface area contributed by atoms with Crippen molar-refractivity contribution in [2.24, 2.45) is 0 Å². The van der Waals surface area contributed by atoms with E-state index in [0.717, 1.165) is 38.6 Å². The lowest BCUT2D eigenvalue weighted by molar-refractivity contribution is -0.123. The normalized spacial score (nSPS) is 20.3. The molecule has 2 rings (SSSR count). The summed E-state index contributed by atoms with van der Waals surface area (Å²) in [5.41, 5.74) is 2.60. The highest BCUT2D eigenvalue weighted by Gasteiger charge is 2.26. The molecule has 1 aromatic rings. The van der Waals surface area contributed by atoms with Gasteiger partial charge in [0.1, 0.15) is 0 Å². The number of rotatable bonds is 7. The van der Waals surface area contributed by atoms with E-state index in [-0.39, 0.29) is 24.0 Å². The molecule has 5 heteroatoms. The zero-order valence-electron chi connectivity index (χ0n) is 14.4. The molecule has 3 atom stereocenters. The molecule has 0 unspecified atom stereocenters. The summed E-state index contributed by atoms with van der Waals surface area (Å²) in [5, 5.41) is 11.1. The van der Waals surface area contributed by atoms with Crippen LogP contribution in [0.4, 0.5) is 0 Å². The Kier molecular flexibility index (Phi) is 6.00. The second kappa shape index (κ2) is 7.77. The average Bonchev–Trinajstić information content (AvgIpc) is 2.91. The SMILES string of the molecule is CCC[C@H](C)NC(=O)[C@H](C)N[C@@H]1CCCc2c1cnn2CC. The van der Waals surface area contributed by atoms with Crippen molar-refractivity contribution in [2.45, 2.75) is 84.5 Å². The molecule has 1 aromatic heterocycles. The Morgan fingerprint density at radius 1 is 1.45 bits per heavy atom. The van der Waals surface area contributed by atoms with E-state index >= 15 is 0 Å². The van der Waals surface area contributed by atoms with Gasteiger partial charge in [0.2, 0.25) is 5.91 Å². The van der Waals surface area contributed by atoms with Crippen LogP contribution in [0.1, 0.15) is 70.7 Å². The summed E-state index contributed by atoms with van der Waals surface area (Å²) in [7, 11) is 0. The van der Waals surface area contributed by atoms with Crippen LogP contribution in [-0.4, -0.2) is 27.8 Å². The fraction of sp³-hybridized carbons (Fsp3) is 0.765. The van der Waals surface area contributed by atoms with Gasteiger partial charge in [-0.1, -0.05) is 13.3 Å². The molecule has 0 bridgehead atoms. The third kappa shape index (κ3) is 3.88. The first kappa shape index (κ1) is 17.0. The van der Waals surface area contributed by atoms with Gasteiger partial charge in [0.15, 0.2) is 0 Å². The van der Waals surface area contributed by atoms with Crippen LogP contribution in [0.25, 0.3) is 0 Å². The highest BCUT2D eigenvalue weighted by molar-refractivity contribution is 5.81. The summed E-state index contributed by atoms with van der Waals surface area (Å²) in [5.74, 6) is 0.0935. The lowest BCUT2D eigenvalue weighted by atomic mass is 9.92. The first-order chi connectivity index (χ1) is 10.6. The molecular weight excluding hydrogens is 276 g/mol. The molecule has 0 aliphatic heterocycles. The van der Waals surface area contributed by atoms with E-state index in [1.54, 1.807) is 0 Å². The van der Waals surface area contributed by atoms with Crippen molar-refractivity contribution < 1.29 is 4.79 Å². The van der Waals surface area contributed by atoms with E-state index in [1.165, 1.54) is 11.3 Å². The van der Waals surface area contributed by atoms with Crippen LogP contribution < -0.4 is 10.6 Å². The third-order valence-corrected chi connectivity index (χ3v) is 4.52. The summed E-state index contributed by atoms with van der Waals surface area (Å²) in [6.07, 6.45) is 7.40. The molecule has 0 saturated heterocycles. The Morgan fingerprint density at radius 3 is 2.91 bits per heavy atom.